The van der Waals surface area contributed by atoms with Crippen LogP contribution in [0.15, 0.2) is 30.3 Å². The Morgan fingerprint density at radius 3 is 2.36 bits per heavy atom. The number of rotatable bonds is 3. The minimum atomic E-state index is 0.493. The van der Waals surface area contributed by atoms with Gasteiger partial charge in [-0.3, -0.25) is 0 Å². The Hall–Kier alpha value is -1.42. The Kier molecular flexibility index (Phi) is 4.07. The van der Waals surface area contributed by atoms with E-state index in [1.165, 1.54) is 5.56 Å². The van der Waals surface area contributed by atoms with Gasteiger partial charge in [0.15, 0.2) is 0 Å². The van der Waals surface area contributed by atoms with Gasteiger partial charge in [0.05, 0.1) is 0 Å². The van der Waals surface area contributed by atoms with E-state index in [0.29, 0.717) is 11.8 Å². The standard InChI is InChI=1S/C13H17N/c1-11(2)13(9-6-10-14)12-7-4-3-5-8-12/h3-5,7-8,11,13H,9,14H2,1-2H3. The predicted molar refractivity (Wildman–Crippen MR) is 60.6 cm³/mol. The third-order valence-corrected chi connectivity index (χ3v) is 2.46. The summed E-state index contributed by atoms with van der Waals surface area (Å²) in [5, 5.41) is 0. The van der Waals surface area contributed by atoms with E-state index < -0.39 is 0 Å². The van der Waals surface area contributed by atoms with E-state index in [1.54, 1.807) is 0 Å². The summed E-state index contributed by atoms with van der Waals surface area (Å²) in [5.74, 6) is 4.04. The van der Waals surface area contributed by atoms with Crippen LogP contribution in [-0.4, -0.2) is 0 Å². The van der Waals surface area contributed by atoms with Crippen LogP contribution in [0, 0.1) is 17.9 Å². The zero-order valence-electron chi connectivity index (χ0n) is 8.83. The van der Waals surface area contributed by atoms with Crippen molar-refractivity contribution in [3.63, 3.8) is 0 Å². The van der Waals surface area contributed by atoms with E-state index in [0.717, 1.165) is 6.42 Å². The van der Waals surface area contributed by atoms with E-state index >= 15 is 0 Å². The van der Waals surface area contributed by atoms with Crippen molar-refractivity contribution in [3.8, 4) is 12.0 Å². The van der Waals surface area contributed by atoms with E-state index in [2.05, 4.69) is 50.1 Å². The van der Waals surface area contributed by atoms with Gasteiger partial charge in [-0.05, 0) is 17.4 Å². The molecule has 0 aliphatic heterocycles. The molecule has 0 saturated carbocycles. The molecule has 1 heteroatoms. The predicted octanol–water partition coefficient (Wildman–Crippen LogP) is 2.74. The molecule has 1 unspecified atom stereocenters. The van der Waals surface area contributed by atoms with Crippen molar-refractivity contribution < 1.29 is 0 Å². The van der Waals surface area contributed by atoms with Crippen LogP contribution < -0.4 is 5.73 Å². The minimum Gasteiger partial charge on any atom is -0.359 e. The molecule has 1 atom stereocenters. The van der Waals surface area contributed by atoms with Gasteiger partial charge in [0.1, 0.15) is 0 Å². The quantitative estimate of drug-likeness (QED) is 0.571. The van der Waals surface area contributed by atoms with E-state index in [9.17, 15) is 0 Å². The maximum absolute atomic E-state index is 5.19. The van der Waals surface area contributed by atoms with E-state index in [-0.39, 0.29) is 0 Å². The van der Waals surface area contributed by atoms with Crippen LogP contribution >= 0.6 is 0 Å². The van der Waals surface area contributed by atoms with Gasteiger partial charge in [0.25, 0.3) is 0 Å². The smallest absolute Gasteiger partial charge is 0.0178 e. The molecular formula is C13H17N. The topological polar surface area (TPSA) is 26.0 Å². The highest BCUT2D eigenvalue weighted by Gasteiger charge is 2.13. The van der Waals surface area contributed by atoms with Crippen molar-refractivity contribution in [2.24, 2.45) is 11.7 Å². The highest BCUT2D eigenvalue weighted by Crippen LogP contribution is 2.26. The summed E-state index contributed by atoms with van der Waals surface area (Å²) in [7, 11) is 0. The molecule has 0 aromatic heterocycles. The number of nitrogens with two attached hydrogens (primary N) is 1. The molecule has 1 aromatic rings. The average molecular weight is 187 g/mol. The Morgan fingerprint density at radius 2 is 1.86 bits per heavy atom. The summed E-state index contributed by atoms with van der Waals surface area (Å²) in [6.07, 6.45) is 0.845. The van der Waals surface area contributed by atoms with Gasteiger partial charge in [0.2, 0.25) is 0 Å². The van der Waals surface area contributed by atoms with Gasteiger partial charge < -0.3 is 5.73 Å². The monoisotopic (exact) mass is 187 g/mol. The first-order valence-corrected chi connectivity index (χ1v) is 4.99. The number of benzene rings is 1. The van der Waals surface area contributed by atoms with Gasteiger partial charge >= 0.3 is 0 Å². The van der Waals surface area contributed by atoms with Crippen LogP contribution in [-0.2, 0) is 0 Å². The van der Waals surface area contributed by atoms with Crippen LogP contribution in [0.2, 0.25) is 0 Å². The summed E-state index contributed by atoms with van der Waals surface area (Å²) in [5.41, 5.74) is 6.55. The van der Waals surface area contributed by atoms with Crippen molar-refractivity contribution in [1.29, 1.82) is 0 Å². The van der Waals surface area contributed by atoms with Gasteiger partial charge in [0, 0.05) is 12.5 Å². The summed E-state index contributed by atoms with van der Waals surface area (Å²) < 4.78 is 0. The van der Waals surface area contributed by atoms with E-state index in [1.807, 2.05) is 6.07 Å². The first-order chi connectivity index (χ1) is 6.75. The van der Waals surface area contributed by atoms with Crippen molar-refractivity contribution in [1.82, 2.24) is 0 Å². The fraction of sp³-hybridized carbons (Fsp3) is 0.385. The number of hydrogen-bond donors (Lipinski definition) is 1. The Bertz CT molecular complexity index is 316. The van der Waals surface area contributed by atoms with Crippen molar-refractivity contribution in [3.05, 3.63) is 35.9 Å². The highest BCUT2D eigenvalue weighted by atomic mass is 14.5. The van der Waals surface area contributed by atoms with Crippen molar-refractivity contribution >= 4 is 0 Å². The molecule has 0 heterocycles. The molecule has 0 fully saturated rings. The van der Waals surface area contributed by atoms with Crippen LogP contribution in [0.25, 0.3) is 0 Å². The molecule has 0 bridgehead atoms. The number of hydrogen-bond acceptors (Lipinski definition) is 1. The Labute approximate surface area is 86.3 Å². The average Bonchev–Trinajstić information content (AvgIpc) is 2.19. The molecule has 1 rings (SSSR count). The summed E-state index contributed by atoms with van der Waals surface area (Å²) in [6, 6.07) is 13.0. The normalized spacial score (nSPS) is 11.9. The molecule has 0 aliphatic rings. The molecule has 0 aliphatic carbocycles. The minimum absolute atomic E-state index is 0.493. The lowest BCUT2D eigenvalue weighted by molar-refractivity contribution is 0.507. The third kappa shape index (κ3) is 2.81. The second-order valence-electron chi connectivity index (χ2n) is 3.79. The zero-order chi connectivity index (χ0) is 10.4. The highest BCUT2D eigenvalue weighted by molar-refractivity contribution is 5.21. The largest absolute Gasteiger partial charge is 0.359 e. The van der Waals surface area contributed by atoms with Crippen molar-refractivity contribution in [2.45, 2.75) is 26.2 Å². The second kappa shape index (κ2) is 5.34. The third-order valence-electron chi connectivity index (χ3n) is 2.46. The molecule has 1 aromatic carbocycles. The molecule has 0 amide bonds. The first kappa shape index (κ1) is 10.7. The van der Waals surface area contributed by atoms with Gasteiger partial charge in [-0.1, -0.05) is 50.1 Å². The molecule has 1 nitrogen and oxygen atoms in total. The first-order valence-electron chi connectivity index (χ1n) is 4.99. The molecule has 14 heavy (non-hydrogen) atoms. The van der Waals surface area contributed by atoms with Crippen LogP contribution in [0.1, 0.15) is 31.7 Å². The van der Waals surface area contributed by atoms with Gasteiger partial charge in [-0.2, -0.15) is 0 Å². The van der Waals surface area contributed by atoms with Crippen LogP contribution in [0.3, 0.4) is 0 Å². The molecule has 0 radical (unpaired) electrons. The second-order valence-corrected chi connectivity index (χ2v) is 3.79. The van der Waals surface area contributed by atoms with Crippen LogP contribution in [0.5, 0.6) is 0 Å². The summed E-state index contributed by atoms with van der Waals surface area (Å²) in [6.45, 7) is 4.44. The van der Waals surface area contributed by atoms with Crippen LogP contribution in [0.4, 0.5) is 0 Å². The van der Waals surface area contributed by atoms with Crippen molar-refractivity contribution in [2.75, 3.05) is 0 Å². The molecule has 2 N–H and O–H groups in total. The molecular weight excluding hydrogens is 170 g/mol. The molecule has 74 valence electrons. The van der Waals surface area contributed by atoms with E-state index in [4.69, 9.17) is 5.73 Å². The Morgan fingerprint density at radius 1 is 1.21 bits per heavy atom. The maximum Gasteiger partial charge on any atom is 0.0178 e. The summed E-state index contributed by atoms with van der Waals surface area (Å²) in [4.78, 5) is 0. The lowest BCUT2D eigenvalue weighted by atomic mass is 9.86. The SMILES string of the molecule is CC(C)C(CC#CN)c1ccccc1. The zero-order valence-corrected chi connectivity index (χ0v) is 8.83. The molecule has 0 spiro atoms. The Balaban J connectivity index is 2.81. The summed E-state index contributed by atoms with van der Waals surface area (Å²) >= 11 is 0. The van der Waals surface area contributed by atoms with Gasteiger partial charge in [-0.25, -0.2) is 0 Å². The fourth-order valence-electron chi connectivity index (χ4n) is 1.61. The van der Waals surface area contributed by atoms with Gasteiger partial charge in [-0.15, -0.1) is 0 Å². The maximum atomic E-state index is 5.19. The molecule has 0 saturated heterocycles. The lowest BCUT2D eigenvalue weighted by Crippen LogP contribution is -2.05. The fourth-order valence-corrected chi connectivity index (χ4v) is 1.61. The lowest BCUT2D eigenvalue weighted by Gasteiger charge is -2.18.